The Balaban J connectivity index is 0.00000242. The van der Waals surface area contributed by atoms with Gasteiger partial charge >= 0.3 is 0 Å². The van der Waals surface area contributed by atoms with Gasteiger partial charge in [-0.25, -0.2) is 0 Å². The normalized spacial score (nSPS) is 10.5. The molecule has 0 amide bonds. The molecule has 0 bridgehead atoms. The van der Waals surface area contributed by atoms with E-state index < -0.39 is 0 Å². The van der Waals surface area contributed by atoms with Gasteiger partial charge in [0.2, 0.25) is 0 Å². The largest absolute Gasteiger partial charge is 0.493 e. The smallest absolute Gasteiger partial charge is 0.126 e. The summed E-state index contributed by atoms with van der Waals surface area (Å²) in [5.41, 5.74) is 3.77. The Morgan fingerprint density at radius 1 is 0.909 bits per heavy atom. The van der Waals surface area contributed by atoms with Crippen molar-refractivity contribution in [2.24, 2.45) is 0 Å². The molecule has 0 unspecified atom stereocenters. The number of benzene rings is 2. The highest BCUT2D eigenvalue weighted by Gasteiger charge is 1.99. The van der Waals surface area contributed by atoms with Crippen LogP contribution in [0.25, 0.3) is 12.2 Å². The molecule has 2 nitrogen and oxygen atoms in total. The van der Waals surface area contributed by atoms with Gasteiger partial charge in [-0.15, -0.1) is 0 Å². The van der Waals surface area contributed by atoms with Gasteiger partial charge in [0.05, 0.1) is 6.61 Å². The molecule has 0 saturated carbocycles. The number of ether oxygens (including phenoxy) is 1. The SMILES string of the molecule is CCCOc1ccccc1C=Cc1cccc(CCC)c1.N. The molecule has 2 heteroatoms. The van der Waals surface area contributed by atoms with E-state index in [9.17, 15) is 0 Å². The summed E-state index contributed by atoms with van der Waals surface area (Å²) in [6, 6.07) is 16.9. The molecule has 0 saturated heterocycles. The number of aryl methyl sites for hydroxylation is 1. The van der Waals surface area contributed by atoms with Gasteiger partial charge in [-0.2, -0.15) is 0 Å². The monoisotopic (exact) mass is 297 g/mol. The van der Waals surface area contributed by atoms with E-state index in [1.807, 2.05) is 18.2 Å². The van der Waals surface area contributed by atoms with E-state index in [1.54, 1.807) is 0 Å². The zero-order valence-corrected chi connectivity index (χ0v) is 13.7. The van der Waals surface area contributed by atoms with Crippen LogP contribution >= 0.6 is 0 Å². The molecule has 0 heterocycles. The zero-order chi connectivity index (χ0) is 14.9. The average molecular weight is 297 g/mol. The van der Waals surface area contributed by atoms with E-state index in [2.05, 4.69) is 56.3 Å². The van der Waals surface area contributed by atoms with Crippen molar-refractivity contribution >= 4 is 12.2 Å². The van der Waals surface area contributed by atoms with Gasteiger partial charge in [-0.3, -0.25) is 0 Å². The van der Waals surface area contributed by atoms with Crippen molar-refractivity contribution in [3.8, 4) is 5.75 Å². The molecule has 0 aliphatic carbocycles. The van der Waals surface area contributed by atoms with E-state index in [0.29, 0.717) is 0 Å². The van der Waals surface area contributed by atoms with Gasteiger partial charge < -0.3 is 10.9 Å². The van der Waals surface area contributed by atoms with E-state index in [-0.39, 0.29) is 6.15 Å². The number of hydrogen-bond acceptors (Lipinski definition) is 2. The molecule has 0 aromatic heterocycles. The molecule has 3 N–H and O–H groups in total. The highest BCUT2D eigenvalue weighted by molar-refractivity contribution is 5.72. The summed E-state index contributed by atoms with van der Waals surface area (Å²) in [7, 11) is 0. The Kier molecular flexibility index (Phi) is 8.01. The topological polar surface area (TPSA) is 44.2 Å². The fourth-order valence-corrected chi connectivity index (χ4v) is 2.29. The summed E-state index contributed by atoms with van der Waals surface area (Å²) < 4.78 is 5.79. The third-order valence-electron chi connectivity index (χ3n) is 3.33. The Hall–Kier alpha value is -2.06. The van der Waals surface area contributed by atoms with Crippen LogP contribution in [0.1, 0.15) is 43.4 Å². The summed E-state index contributed by atoms with van der Waals surface area (Å²) in [6.45, 7) is 5.10. The predicted molar refractivity (Wildman–Crippen MR) is 96.6 cm³/mol. The van der Waals surface area contributed by atoms with E-state index >= 15 is 0 Å². The van der Waals surface area contributed by atoms with Crippen LogP contribution in [0.15, 0.2) is 48.5 Å². The maximum Gasteiger partial charge on any atom is 0.126 e. The van der Waals surface area contributed by atoms with Crippen molar-refractivity contribution in [3.63, 3.8) is 0 Å². The maximum atomic E-state index is 5.79. The van der Waals surface area contributed by atoms with Crippen LogP contribution in [0.5, 0.6) is 5.75 Å². The minimum Gasteiger partial charge on any atom is -0.493 e. The standard InChI is InChI=1S/C20H24O.H3N/c1-3-8-17-9-7-10-18(16-17)13-14-19-11-5-6-12-20(19)21-15-4-2;/h5-7,9-14,16H,3-4,8,15H2,1-2H3;1H3. The molecule has 2 aromatic rings. The zero-order valence-electron chi connectivity index (χ0n) is 13.7. The summed E-state index contributed by atoms with van der Waals surface area (Å²) in [4.78, 5) is 0. The summed E-state index contributed by atoms with van der Waals surface area (Å²) in [6.07, 6.45) is 7.64. The fraction of sp³-hybridized carbons (Fsp3) is 0.300. The predicted octanol–water partition coefficient (Wildman–Crippen LogP) is 5.76. The minimum atomic E-state index is 0. The third-order valence-corrected chi connectivity index (χ3v) is 3.33. The molecule has 0 spiro atoms. The molecule has 0 radical (unpaired) electrons. The second-order valence-corrected chi connectivity index (χ2v) is 5.21. The lowest BCUT2D eigenvalue weighted by Crippen LogP contribution is -1.96. The van der Waals surface area contributed by atoms with Crippen LogP contribution in [0, 0.1) is 0 Å². The molecule has 2 aromatic carbocycles. The summed E-state index contributed by atoms with van der Waals surface area (Å²) >= 11 is 0. The van der Waals surface area contributed by atoms with Crippen LogP contribution in [0.3, 0.4) is 0 Å². The van der Waals surface area contributed by atoms with Crippen molar-refractivity contribution < 1.29 is 4.74 Å². The Morgan fingerprint density at radius 3 is 2.50 bits per heavy atom. The van der Waals surface area contributed by atoms with Crippen LogP contribution < -0.4 is 10.9 Å². The van der Waals surface area contributed by atoms with Crippen molar-refractivity contribution in [2.45, 2.75) is 33.1 Å². The maximum absolute atomic E-state index is 5.79. The first-order valence-electron chi connectivity index (χ1n) is 7.82. The van der Waals surface area contributed by atoms with Gasteiger partial charge in [0.1, 0.15) is 5.75 Å². The Bertz CT molecular complexity index is 590. The number of hydrogen-bond donors (Lipinski definition) is 1. The second-order valence-electron chi connectivity index (χ2n) is 5.21. The van der Waals surface area contributed by atoms with E-state index in [4.69, 9.17) is 4.74 Å². The van der Waals surface area contributed by atoms with Crippen LogP contribution in [-0.2, 0) is 6.42 Å². The number of rotatable bonds is 7. The Labute approximate surface area is 134 Å². The van der Waals surface area contributed by atoms with Gasteiger partial charge in [0.15, 0.2) is 0 Å². The van der Waals surface area contributed by atoms with Crippen molar-refractivity contribution in [1.29, 1.82) is 0 Å². The number of para-hydroxylation sites is 1. The molecule has 0 aliphatic heterocycles. The third kappa shape index (κ3) is 5.38. The van der Waals surface area contributed by atoms with Crippen LogP contribution in [-0.4, -0.2) is 6.61 Å². The van der Waals surface area contributed by atoms with E-state index in [0.717, 1.165) is 30.8 Å². The highest BCUT2D eigenvalue weighted by atomic mass is 16.5. The first-order chi connectivity index (χ1) is 10.3. The molecular formula is C20H27NO. The molecule has 118 valence electrons. The van der Waals surface area contributed by atoms with Crippen LogP contribution in [0.4, 0.5) is 0 Å². The van der Waals surface area contributed by atoms with E-state index in [1.165, 1.54) is 17.5 Å². The average Bonchev–Trinajstić information content (AvgIpc) is 2.52. The van der Waals surface area contributed by atoms with Crippen molar-refractivity contribution in [1.82, 2.24) is 6.15 Å². The quantitative estimate of drug-likeness (QED) is 0.660. The molecular weight excluding hydrogens is 270 g/mol. The molecule has 0 atom stereocenters. The summed E-state index contributed by atoms with van der Waals surface area (Å²) in [5, 5.41) is 0. The molecule has 0 aliphatic rings. The second kappa shape index (κ2) is 9.80. The Morgan fingerprint density at radius 2 is 1.73 bits per heavy atom. The lowest BCUT2D eigenvalue weighted by atomic mass is 10.1. The van der Waals surface area contributed by atoms with Crippen molar-refractivity contribution in [2.75, 3.05) is 6.61 Å². The molecule has 2 rings (SSSR count). The summed E-state index contributed by atoms with van der Waals surface area (Å²) in [5.74, 6) is 0.959. The lowest BCUT2D eigenvalue weighted by molar-refractivity contribution is 0.317. The highest BCUT2D eigenvalue weighted by Crippen LogP contribution is 2.21. The first kappa shape index (κ1) is 18.0. The first-order valence-corrected chi connectivity index (χ1v) is 7.82. The lowest BCUT2D eigenvalue weighted by Gasteiger charge is -2.07. The van der Waals surface area contributed by atoms with Crippen LogP contribution in [0.2, 0.25) is 0 Å². The minimum absolute atomic E-state index is 0. The fourth-order valence-electron chi connectivity index (χ4n) is 2.29. The molecule has 22 heavy (non-hydrogen) atoms. The molecule has 0 fully saturated rings. The van der Waals surface area contributed by atoms with Gasteiger partial charge in [-0.1, -0.05) is 74.9 Å². The van der Waals surface area contributed by atoms with Gasteiger partial charge in [-0.05, 0) is 30.0 Å². The van der Waals surface area contributed by atoms with Gasteiger partial charge in [0.25, 0.3) is 0 Å². The van der Waals surface area contributed by atoms with Crippen molar-refractivity contribution in [3.05, 3.63) is 65.2 Å². The van der Waals surface area contributed by atoms with Gasteiger partial charge in [0, 0.05) is 5.56 Å².